The molecule has 40 heavy (non-hydrogen) atoms. The number of rotatable bonds is 13. The van der Waals surface area contributed by atoms with Gasteiger partial charge < -0.3 is 34.1 Å². The average molecular weight is 568 g/mol. The first-order chi connectivity index (χ1) is 19.5. The van der Waals surface area contributed by atoms with Crippen molar-refractivity contribution in [1.29, 1.82) is 0 Å². The molecule has 4 rings (SSSR count). The minimum Gasteiger partial charge on any atom is -0.497 e. The number of benzene rings is 2. The Bertz CT molecular complexity index is 1250. The first-order valence-electron chi connectivity index (χ1n) is 13.3. The monoisotopic (exact) mass is 567 g/mol. The molecule has 2 heterocycles. The lowest BCUT2D eigenvalue weighted by atomic mass is 10.1. The highest BCUT2D eigenvalue weighted by Crippen LogP contribution is 2.28. The summed E-state index contributed by atoms with van der Waals surface area (Å²) in [5.41, 5.74) is 1.62. The van der Waals surface area contributed by atoms with Crippen LogP contribution in [0.5, 0.6) is 17.2 Å². The van der Waals surface area contributed by atoms with Crippen LogP contribution in [0.1, 0.15) is 23.3 Å². The van der Waals surface area contributed by atoms with E-state index in [1.165, 1.54) is 0 Å². The first-order valence-corrected chi connectivity index (χ1v) is 14.2. The molecule has 3 amide bonds. The largest absolute Gasteiger partial charge is 0.497 e. The molecule has 1 aliphatic heterocycles. The quantitative estimate of drug-likeness (QED) is 0.311. The smallest absolute Gasteiger partial charge is 0.322 e. The second kappa shape index (κ2) is 14.6. The lowest BCUT2D eigenvalue weighted by molar-refractivity contribution is -0.132. The summed E-state index contributed by atoms with van der Waals surface area (Å²) in [6, 6.07) is 16.6. The highest BCUT2D eigenvalue weighted by molar-refractivity contribution is 7.09. The van der Waals surface area contributed by atoms with Crippen LogP contribution in [-0.2, 0) is 22.5 Å². The van der Waals surface area contributed by atoms with Crippen molar-refractivity contribution in [3.8, 4) is 17.2 Å². The van der Waals surface area contributed by atoms with E-state index in [1.54, 1.807) is 55.8 Å². The standard InChI is InChI=1S/C30H37N3O6S/c1-36-24-8-4-7-23(18-24)31-30(35)33(19-25-9-5-15-39-25)21-29(34)32(20-26-10-6-16-40-26)14-13-22-11-12-27(37-2)28(17-22)38-3/h4,6-8,10-12,16-18,25H,5,9,13-15,19-21H2,1-3H3,(H,31,35)/t25-/m1/s1. The second-order valence-electron chi connectivity index (χ2n) is 9.51. The molecule has 0 radical (unpaired) electrons. The molecule has 1 aliphatic rings. The number of methoxy groups -OCH3 is 3. The van der Waals surface area contributed by atoms with Crippen molar-refractivity contribution in [2.45, 2.75) is 31.9 Å². The van der Waals surface area contributed by atoms with Crippen LogP contribution in [0.15, 0.2) is 60.0 Å². The van der Waals surface area contributed by atoms with Gasteiger partial charge >= 0.3 is 6.03 Å². The zero-order chi connectivity index (χ0) is 28.3. The molecule has 3 aromatic rings. The number of anilines is 1. The van der Waals surface area contributed by atoms with Crippen molar-refractivity contribution in [2.75, 3.05) is 52.9 Å². The summed E-state index contributed by atoms with van der Waals surface area (Å²) in [7, 11) is 4.78. The second-order valence-corrected chi connectivity index (χ2v) is 10.5. The molecule has 1 atom stereocenters. The number of carbonyl (C=O) groups excluding carboxylic acids is 2. The summed E-state index contributed by atoms with van der Waals surface area (Å²) in [4.78, 5) is 31.6. The summed E-state index contributed by atoms with van der Waals surface area (Å²) in [5.74, 6) is 1.81. The summed E-state index contributed by atoms with van der Waals surface area (Å²) in [6.07, 6.45) is 2.33. The van der Waals surface area contributed by atoms with E-state index in [0.717, 1.165) is 23.3 Å². The van der Waals surface area contributed by atoms with Crippen LogP contribution in [0.3, 0.4) is 0 Å². The van der Waals surface area contributed by atoms with Crippen LogP contribution in [0, 0.1) is 0 Å². The van der Waals surface area contributed by atoms with E-state index in [-0.39, 0.29) is 24.6 Å². The van der Waals surface area contributed by atoms with Gasteiger partial charge in [0.2, 0.25) is 5.91 Å². The van der Waals surface area contributed by atoms with Gasteiger partial charge in [0, 0.05) is 36.3 Å². The van der Waals surface area contributed by atoms with Crippen molar-refractivity contribution in [3.05, 3.63) is 70.4 Å². The summed E-state index contributed by atoms with van der Waals surface area (Å²) >= 11 is 1.60. The van der Waals surface area contributed by atoms with Crippen LogP contribution in [-0.4, -0.2) is 75.4 Å². The first kappa shape index (κ1) is 29.2. The summed E-state index contributed by atoms with van der Waals surface area (Å²) in [5, 5.41) is 4.92. The van der Waals surface area contributed by atoms with Gasteiger partial charge in [0.1, 0.15) is 12.3 Å². The molecule has 1 N–H and O–H groups in total. The SMILES string of the molecule is COc1cccc(NC(=O)N(CC(=O)N(CCc2ccc(OC)c(OC)c2)Cc2cccs2)C[C@H]2CCCO2)c1. The van der Waals surface area contributed by atoms with Gasteiger partial charge in [-0.05, 0) is 60.5 Å². The summed E-state index contributed by atoms with van der Waals surface area (Å²) < 4.78 is 21.9. The van der Waals surface area contributed by atoms with Crippen molar-refractivity contribution in [3.63, 3.8) is 0 Å². The molecule has 10 heteroatoms. The van der Waals surface area contributed by atoms with E-state index in [1.807, 2.05) is 46.7 Å². The third-order valence-corrected chi connectivity index (χ3v) is 7.64. The van der Waals surface area contributed by atoms with Crippen molar-refractivity contribution >= 4 is 29.0 Å². The number of nitrogens with zero attached hydrogens (tertiary/aromatic N) is 2. The topological polar surface area (TPSA) is 89.6 Å². The molecule has 0 bridgehead atoms. The summed E-state index contributed by atoms with van der Waals surface area (Å²) in [6.45, 7) is 1.89. The minimum absolute atomic E-state index is 0.0625. The average Bonchev–Trinajstić information content (AvgIpc) is 3.69. The number of urea groups is 1. The minimum atomic E-state index is -0.354. The van der Waals surface area contributed by atoms with Gasteiger partial charge in [-0.1, -0.05) is 18.2 Å². The number of nitrogens with one attached hydrogen (secondary N) is 1. The van der Waals surface area contributed by atoms with Crippen molar-refractivity contribution < 1.29 is 28.5 Å². The zero-order valence-corrected chi connectivity index (χ0v) is 24.1. The number of carbonyl (C=O) groups is 2. The zero-order valence-electron chi connectivity index (χ0n) is 23.3. The Morgan fingerprint density at radius 3 is 2.55 bits per heavy atom. The van der Waals surface area contributed by atoms with Crippen LogP contribution >= 0.6 is 11.3 Å². The van der Waals surface area contributed by atoms with E-state index in [4.69, 9.17) is 18.9 Å². The fourth-order valence-corrected chi connectivity index (χ4v) is 5.32. The Hall–Kier alpha value is -3.76. The van der Waals surface area contributed by atoms with Crippen LogP contribution < -0.4 is 19.5 Å². The molecular weight excluding hydrogens is 530 g/mol. The van der Waals surface area contributed by atoms with Gasteiger partial charge in [-0.3, -0.25) is 4.79 Å². The Morgan fingerprint density at radius 1 is 1.00 bits per heavy atom. The fraction of sp³-hybridized carbons (Fsp3) is 0.400. The van der Waals surface area contributed by atoms with E-state index in [2.05, 4.69) is 5.32 Å². The number of hydrogen-bond acceptors (Lipinski definition) is 7. The maximum absolute atomic E-state index is 13.8. The Balaban J connectivity index is 1.49. The van der Waals surface area contributed by atoms with Gasteiger partial charge in [0.15, 0.2) is 11.5 Å². The Morgan fingerprint density at radius 2 is 1.85 bits per heavy atom. The van der Waals surface area contributed by atoms with Crippen LogP contribution in [0.25, 0.3) is 0 Å². The maximum atomic E-state index is 13.8. The predicted molar refractivity (Wildman–Crippen MR) is 156 cm³/mol. The molecule has 1 saturated heterocycles. The molecule has 1 aromatic heterocycles. The number of hydrogen-bond donors (Lipinski definition) is 1. The maximum Gasteiger partial charge on any atom is 0.322 e. The molecule has 0 aliphatic carbocycles. The number of thiophene rings is 1. The molecule has 0 unspecified atom stereocenters. The van der Waals surface area contributed by atoms with E-state index in [0.29, 0.717) is 55.6 Å². The molecule has 9 nitrogen and oxygen atoms in total. The third kappa shape index (κ3) is 8.12. The van der Waals surface area contributed by atoms with Gasteiger partial charge in [-0.25, -0.2) is 4.79 Å². The molecule has 2 aromatic carbocycles. The lowest BCUT2D eigenvalue weighted by Gasteiger charge is -2.29. The molecule has 214 valence electrons. The number of ether oxygens (including phenoxy) is 4. The van der Waals surface area contributed by atoms with E-state index in [9.17, 15) is 9.59 Å². The van der Waals surface area contributed by atoms with E-state index < -0.39 is 0 Å². The van der Waals surface area contributed by atoms with E-state index >= 15 is 0 Å². The van der Waals surface area contributed by atoms with Gasteiger partial charge in [-0.15, -0.1) is 11.3 Å². The fourth-order valence-electron chi connectivity index (χ4n) is 4.60. The Labute approximate surface area is 239 Å². The van der Waals surface area contributed by atoms with Gasteiger partial charge in [-0.2, -0.15) is 0 Å². The van der Waals surface area contributed by atoms with Gasteiger partial charge in [0.25, 0.3) is 0 Å². The van der Waals surface area contributed by atoms with Gasteiger partial charge in [0.05, 0.1) is 34.0 Å². The Kier molecular flexibility index (Phi) is 10.7. The third-order valence-electron chi connectivity index (χ3n) is 6.78. The normalized spacial score (nSPS) is 14.4. The van der Waals surface area contributed by atoms with Crippen molar-refractivity contribution in [1.82, 2.24) is 9.80 Å². The lowest BCUT2D eigenvalue weighted by Crippen LogP contribution is -2.47. The molecule has 0 saturated carbocycles. The van der Waals surface area contributed by atoms with Crippen molar-refractivity contribution in [2.24, 2.45) is 0 Å². The number of amides is 3. The molecular formula is C30H37N3O6S. The highest BCUT2D eigenvalue weighted by atomic mass is 32.1. The molecule has 0 spiro atoms. The van der Waals surface area contributed by atoms with Crippen LogP contribution in [0.2, 0.25) is 0 Å². The highest BCUT2D eigenvalue weighted by Gasteiger charge is 2.27. The predicted octanol–water partition coefficient (Wildman–Crippen LogP) is 5.06. The van der Waals surface area contributed by atoms with Crippen LogP contribution in [0.4, 0.5) is 10.5 Å². The molecule has 1 fully saturated rings.